The minimum absolute atomic E-state index is 0.241. The first-order valence-electron chi connectivity index (χ1n) is 6.91. The van der Waals surface area contributed by atoms with Gasteiger partial charge in [-0.1, -0.05) is 11.6 Å². The van der Waals surface area contributed by atoms with Crippen molar-refractivity contribution in [1.82, 2.24) is 5.32 Å². The average Bonchev–Trinajstić information content (AvgIpc) is 3.17. The van der Waals surface area contributed by atoms with Gasteiger partial charge in [0.2, 0.25) is 0 Å². The molecule has 1 aromatic carbocycles. The van der Waals surface area contributed by atoms with Gasteiger partial charge < -0.3 is 14.8 Å². The van der Waals surface area contributed by atoms with Crippen LogP contribution in [-0.2, 0) is 11.3 Å². The molecule has 1 N–H and O–H groups in total. The summed E-state index contributed by atoms with van der Waals surface area (Å²) in [5, 5.41) is 4.23. The van der Waals surface area contributed by atoms with Gasteiger partial charge in [0.1, 0.15) is 12.4 Å². The van der Waals surface area contributed by atoms with Gasteiger partial charge in [-0.15, -0.1) is 0 Å². The minimum atomic E-state index is 0.241. The Hall–Kier alpha value is -0.770. The molecule has 1 fully saturated rings. The molecule has 0 aliphatic heterocycles. The second-order valence-corrected chi connectivity index (χ2v) is 5.61. The summed E-state index contributed by atoms with van der Waals surface area (Å²) in [4.78, 5) is 0. The van der Waals surface area contributed by atoms with Gasteiger partial charge in [0.05, 0.1) is 12.7 Å². The summed E-state index contributed by atoms with van der Waals surface area (Å²) in [5.41, 5.74) is 1.11. The first-order chi connectivity index (χ1) is 9.15. The highest BCUT2D eigenvalue weighted by Gasteiger charge is 2.20. The molecule has 1 aromatic rings. The Morgan fingerprint density at radius 2 is 2.11 bits per heavy atom. The summed E-state index contributed by atoms with van der Waals surface area (Å²) in [6.07, 6.45) is 2.79. The lowest BCUT2D eigenvalue weighted by atomic mass is 10.2. The lowest BCUT2D eigenvalue weighted by Gasteiger charge is -2.13. The summed E-state index contributed by atoms with van der Waals surface area (Å²) in [5.74, 6) is 0.893. The number of hydrogen-bond acceptors (Lipinski definition) is 3. The first-order valence-corrected chi connectivity index (χ1v) is 7.29. The molecule has 2 rings (SSSR count). The molecule has 0 saturated heterocycles. The van der Waals surface area contributed by atoms with E-state index >= 15 is 0 Å². The molecule has 0 radical (unpaired) electrons. The van der Waals surface area contributed by atoms with Crippen LogP contribution in [-0.4, -0.2) is 25.4 Å². The van der Waals surface area contributed by atoms with Crippen LogP contribution in [0.3, 0.4) is 0 Å². The highest BCUT2D eigenvalue weighted by molar-refractivity contribution is 6.30. The predicted molar refractivity (Wildman–Crippen MR) is 77.9 cm³/mol. The molecule has 0 aromatic heterocycles. The van der Waals surface area contributed by atoms with E-state index in [2.05, 4.69) is 5.32 Å². The zero-order valence-corrected chi connectivity index (χ0v) is 12.4. The minimum Gasteiger partial charge on any atom is -0.491 e. The van der Waals surface area contributed by atoms with Crippen molar-refractivity contribution in [3.63, 3.8) is 0 Å². The Balaban J connectivity index is 1.85. The zero-order chi connectivity index (χ0) is 13.7. The molecule has 1 saturated carbocycles. The second-order valence-electron chi connectivity index (χ2n) is 5.18. The Morgan fingerprint density at radius 3 is 2.79 bits per heavy atom. The normalized spacial score (nSPS) is 14.9. The van der Waals surface area contributed by atoms with E-state index in [4.69, 9.17) is 21.1 Å². The number of nitrogens with one attached hydrogen (secondary N) is 1. The molecule has 0 atom stereocenters. The Morgan fingerprint density at radius 1 is 1.32 bits per heavy atom. The fourth-order valence-corrected chi connectivity index (χ4v) is 2.00. The summed E-state index contributed by atoms with van der Waals surface area (Å²) in [7, 11) is 0. The van der Waals surface area contributed by atoms with Crippen molar-refractivity contribution in [2.75, 3.05) is 13.2 Å². The lowest BCUT2D eigenvalue weighted by Crippen LogP contribution is -2.17. The maximum atomic E-state index is 6.04. The molecule has 0 amide bonds. The topological polar surface area (TPSA) is 30.5 Å². The van der Waals surface area contributed by atoms with Gasteiger partial charge in [-0.25, -0.2) is 0 Å². The molecule has 0 spiro atoms. The van der Waals surface area contributed by atoms with Gasteiger partial charge in [0, 0.05) is 23.2 Å². The smallest absolute Gasteiger partial charge is 0.124 e. The quantitative estimate of drug-likeness (QED) is 0.742. The van der Waals surface area contributed by atoms with E-state index < -0.39 is 0 Å². The molecule has 3 nitrogen and oxygen atoms in total. The van der Waals surface area contributed by atoms with Crippen molar-refractivity contribution in [3.8, 4) is 5.75 Å². The van der Waals surface area contributed by atoms with Gasteiger partial charge >= 0.3 is 0 Å². The zero-order valence-electron chi connectivity index (χ0n) is 11.6. The number of benzene rings is 1. The maximum Gasteiger partial charge on any atom is 0.124 e. The molecule has 1 aliphatic rings. The molecular formula is C15H22ClNO2. The van der Waals surface area contributed by atoms with Crippen LogP contribution < -0.4 is 10.1 Å². The van der Waals surface area contributed by atoms with Crippen LogP contribution in [0.15, 0.2) is 18.2 Å². The molecular weight excluding hydrogens is 262 g/mol. The van der Waals surface area contributed by atoms with Crippen molar-refractivity contribution >= 4 is 11.6 Å². The Labute approximate surface area is 120 Å². The van der Waals surface area contributed by atoms with Crippen molar-refractivity contribution in [3.05, 3.63) is 28.8 Å². The fraction of sp³-hybridized carbons (Fsp3) is 0.600. The highest BCUT2D eigenvalue weighted by atomic mass is 35.5. The molecule has 106 valence electrons. The van der Waals surface area contributed by atoms with Gasteiger partial charge in [0.25, 0.3) is 0 Å². The molecule has 1 aliphatic carbocycles. The standard InChI is InChI=1S/C15H22ClNO2/c1-11(2)18-7-8-19-15-6-3-13(16)9-12(15)10-17-14-4-5-14/h3,6,9,11,14,17H,4-5,7-8,10H2,1-2H3. The van der Waals surface area contributed by atoms with E-state index in [0.717, 1.165) is 22.9 Å². The van der Waals surface area contributed by atoms with Crippen LogP contribution in [0.1, 0.15) is 32.3 Å². The highest BCUT2D eigenvalue weighted by Crippen LogP contribution is 2.25. The van der Waals surface area contributed by atoms with Crippen LogP contribution in [0.5, 0.6) is 5.75 Å². The number of rotatable bonds is 8. The number of ether oxygens (including phenoxy) is 2. The van der Waals surface area contributed by atoms with Crippen molar-refractivity contribution in [1.29, 1.82) is 0 Å². The van der Waals surface area contributed by atoms with Crippen LogP contribution >= 0.6 is 11.6 Å². The third-order valence-corrected chi connectivity index (χ3v) is 3.21. The van der Waals surface area contributed by atoms with E-state index in [0.29, 0.717) is 19.3 Å². The third kappa shape index (κ3) is 5.39. The molecule has 4 heteroatoms. The monoisotopic (exact) mass is 283 g/mol. The van der Waals surface area contributed by atoms with Crippen LogP contribution in [0.25, 0.3) is 0 Å². The van der Waals surface area contributed by atoms with E-state index in [-0.39, 0.29) is 6.10 Å². The summed E-state index contributed by atoms with van der Waals surface area (Å²) < 4.78 is 11.2. The van der Waals surface area contributed by atoms with E-state index in [1.807, 2.05) is 32.0 Å². The lowest BCUT2D eigenvalue weighted by molar-refractivity contribution is 0.0550. The van der Waals surface area contributed by atoms with Crippen molar-refractivity contribution < 1.29 is 9.47 Å². The van der Waals surface area contributed by atoms with Gasteiger partial charge in [0.15, 0.2) is 0 Å². The van der Waals surface area contributed by atoms with Gasteiger partial charge in [-0.2, -0.15) is 0 Å². The number of hydrogen-bond donors (Lipinski definition) is 1. The second kappa shape index (κ2) is 7.13. The Bertz CT molecular complexity index is 405. The van der Waals surface area contributed by atoms with Crippen LogP contribution in [0.4, 0.5) is 0 Å². The van der Waals surface area contributed by atoms with Crippen LogP contribution in [0.2, 0.25) is 5.02 Å². The molecule has 0 bridgehead atoms. The van der Waals surface area contributed by atoms with E-state index in [1.54, 1.807) is 0 Å². The van der Waals surface area contributed by atoms with Crippen molar-refractivity contribution in [2.45, 2.75) is 45.4 Å². The van der Waals surface area contributed by atoms with E-state index in [1.165, 1.54) is 12.8 Å². The molecule has 19 heavy (non-hydrogen) atoms. The fourth-order valence-electron chi connectivity index (χ4n) is 1.80. The predicted octanol–water partition coefficient (Wildman–Crippen LogP) is 3.40. The summed E-state index contributed by atoms with van der Waals surface area (Å²) in [6, 6.07) is 6.44. The maximum absolute atomic E-state index is 6.04. The summed E-state index contributed by atoms with van der Waals surface area (Å²) >= 11 is 6.04. The summed E-state index contributed by atoms with van der Waals surface area (Å²) in [6.45, 7) is 6.03. The number of halogens is 1. The average molecular weight is 284 g/mol. The van der Waals surface area contributed by atoms with E-state index in [9.17, 15) is 0 Å². The van der Waals surface area contributed by atoms with Crippen molar-refractivity contribution in [2.24, 2.45) is 0 Å². The largest absolute Gasteiger partial charge is 0.491 e. The Kier molecular flexibility index (Phi) is 5.49. The van der Waals surface area contributed by atoms with Gasteiger partial charge in [-0.3, -0.25) is 0 Å². The SMILES string of the molecule is CC(C)OCCOc1ccc(Cl)cc1CNC1CC1. The molecule has 0 unspecified atom stereocenters. The molecule has 0 heterocycles. The third-order valence-electron chi connectivity index (χ3n) is 2.97. The van der Waals surface area contributed by atoms with Gasteiger partial charge in [-0.05, 0) is 44.9 Å². The van der Waals surface area contributed by atoms with Crippen LogP contribution in [0, 0.1) is 0 Å². The first kappa shape index (κ1) is 14.6.